The molecule has 1 aromatic rings. The first-order valence-corrected chi connectivity index (χ1v) is 11.8. The lowest BCUT2D eigenvalue weighted by atomic mass is 9.94. The first kappa shape index (κ1) is 29.4. The Balaban J connectivity index is 3.53. The highest BCUT2D eigenvalue weighted by atomic mass is 16.6. The fourth-order valence-corrected chi connectivity index (χ4v) is 3.54. The van der Waals surface area contributed by atoms with Crippen LogP contribution in [-0.2, 0) is 14.3 Å². The molecule has 34 heavy (non-hydrogen) atoms. The highest BCUT2D eigenvalue weighted by Crippen LogP contribution is 2.28. The molecule has 1 aromatic carbocycles. The van der Waals surface area contributed by atoms with Crippen molar-refractivity contribution in [2.75, 3.05) is 13.2 Å². The van der Waals surface area contributed by atoms with Gasteiger partial charge in [0.15, 0.2) is 0 Å². The summed E-state index contributed by atoms with van der Waals surface area (Å²) < 4.78 is 5.35. The second-order valence-corrected chi connectivity index (χ2v) is 11.1. The van der Waals surface area contributed by atoms with Gasteiger partial charge >= 0.3 is 6.09 Å². The third-order valence-electron chi connectivity index (χ3n) is 5.02. The molecule has 2 atom stereocenters. The van der Waals surface area contributed by atoms with Crippen LogP contribution >= 0.6 is 0 Å². The van der Waals surface area contributed by atoms with Crippen LogP contribution in [0.4, 0.5) is 4.79 Å². The molecule has 0 bridgehead atoms. The normalized spacial score (nSPS) is 13.8. The zero-order valence-corrected chi connectivity index (χ0v) is 22.4. The number of amides is 3. The monoisotopic (exact) mass is 477 g/mol. The van der Waals surface area contributed by atoms with Crippen molar-refractivity contribution in [3.8, 4) is 0 Å². The van der Waals surface area contributed by atoms with Crippen molar-refractivity contribution in [2.45, 2.75) is 92.5 Å². The molecular formula is C26H43N3O5. The standard InChI is InChI=1S/C26H43N3O5/c1-16(2)20(27-24(33)34-26(8,9)10)23(32)29(13-14-30)21(22(31)28-25(5,6)7)19-15-17(3)11-12-18(19)4/h11-12,15-16,20-21,30H,13-14H2,1-10H3,(H,27,33)(H,28,31). The molecule has 0 aliphatic carbocycles. The van der Waals surface area contributed by atoms with E-state index < -0.39 is 35.2 Å². The van der Waals surface area contributed by atoms with E-state index in [0.29, 0.717) is 5.56 Å². The quantitative estimate of drug-likeness (QED) is 0.530. The molecular weight excluding hydrogens is 434 g/mol. The van der Waals surface area contributed by atoms with Crippen LogP contribution in [0.1, 0.15) is 78.1 Å². The zero-order chi connectivity index (χ0) is 26.4. The lowest BCUT2D eigenvalue weighted by molar-refractivity contribution is -0.144. The van der Waals surface area contributed by atoms with Crippen molar-refractivity contribution in [1.29, 1.82) is 0 Å². The molecule has 0 radical (unpaired) electrons. The Morgan fingerprint density at radius 3 is 2.12 bits per heavy atom. The molecule has 2 unspecified atom stereocenters. The van der Waals surface area contributed by atoms with Gasteiger partial charge in [-0.2, -0.15) is 0 Å². The average molecular weight is 478 g/mol. The Kier molecular flexibility index (Phi) is 10.1. The number of aliphatic hydroxyl groups is 1. The minimum atomic E-state index is -0.986. The van der Waals surface area contributed by atoms with Crippen LogP contribution in [0, 0.1) is 19.8 Å². The average Bonchev–Trinajstić information content (AvgIpc) is 2.64. The SMILES string of the molecule is Cc1ccc(C)c(C(C(=O)NC(C)(C)C)N(CCO)C(=O)C(NC(=O)OC(C)(C)C)C(C)C)c1. The van der Waals surface area contributed by atoms with E-state index >= 15 is 0 Å². The molecule has 0 aliphatic rings. The van der Waals surface area contributed by atoms with Crippen molar-refractivity contribution in [3.63, 3.8) is 0 Å². The number of hydrogen-bond acceptors (Lipinski definition) is 5. The summed E-state index contributed by atoms with van der Waals surface area (Å²) >= 11 is 0. The van der Waals surface area contributed by atoms with Crippen molar-refractivity contribution >= 4 is 17.9 Å². The minimum absolute atomic E-state index is 0.0757. The fourth-order valence-electron chi connectivity index (χ4n) is 3.54. The van der Waals surface area contributed by atoms with Gasteiger partial charge in [-0.3, -0.25) is 9.59 Å². The molecule has 0 spiro atoms. The van der Waals surface area contributed by atoms with Crippen LogP contribution in [0.2, 0.25) is 0 Å². The lowest BCUT2D eigenvalue weighted by Gasteiger charge is -2.37. The summed E-state index contributed by atoms with van der Waals surface area (Å²) in [5.74, 6) is -1.11. The minimum Gasteiger partial charge on any atom is -0.444 e. The van der Waals surface area contributed by atoms with Crippen LogP contribution in [0.15, 0.2) is 18.2 Å². The number of aryl methyl sites for hydroxylation is 2. The maximum Gasteiger partial charge on any atom is 0.408 e. The molecule has 8 nitrogen and oxygen atoms in total. The maximum atomic E-state index is 13.8. The first-order valence-electron chi connectivity index (χ1n) is 11.8. The number of ether oxygens (including phenoxy) is 1. The van der Waals surface area contributed by atoms with Crippen LogP contribution in [0.5, 0.6) is 0 Å². The van der Waals surface area contributed by atoms with Crippen LogP contribution in [-0.4, -0.2) is 58.2 Å². The Morgan fingerprint density at radius 1 is 1.06 bits per heavy atom. The van der Waals surface area contributed by atoms with E-state index in [1.807, 2.05) is 52.8 Å². The predicted octanol–water partition coefficient (Wildman–Crippen LogP) is 3.63. The van der Waals surface area contributed by atoms with Crippen molar-refractivity contribution in [3.05, 3.63) is 34.9 Å². The molecule has 8 heteroatoms. The summed E-state index contributed by atoms with van der Waals surface area (Å²) in [4.78, 5) is 41.2. The Hall–Kier alpha value is -2.61. The highest BCUT2D eigenvalue weighted by Gasteiger charge is 2.38. The summed E-state index contributed by atoms with van der Waals surface area (Å²) in [6.45, 7) is 17.8. The van der Waals surface area contributed by atoms with Gasteiger partial charge in [-0.15, -0.1) is 0 Å². The van der Waals surface area contributed by atoms with Crippen LogP contribution in [0.3, 0.4) is 0 Å². The second kappa shape index (κ2) is 11.7. The number of nitrogens with one attached hydrogen (secondary N) is 2. The molecule has 0 heterocycles. The van der Waals surface area contributed by atoms with E-state index in [4.69, 9.17) is 4.74 Å². The Bertz CT molecular complexity index is 868. The van der Waals surface area contributed by atoms with Crippen LogP contribution in [0.25, 0.3) is 0 Å². The third kappa shape index (κ3) is 8.97. The fraction of sp³-hybridized carbons (Fsp3) is 0.654. The van der Waals surface area contributed by atoms with Crippen LogP contribution < -0.4 is 10.6 Å². The molecule has 3 N–H and O–H groups in total. The summed E-state index contributed by atoms with van der Waals surface area (Å²) in [6.07, 6.45) is -0.717. The number of hydrogen-bond donors (Lipinski definition) is 3. The molecule has 0 aromatic heterocycles. The van der Waals surface area contributed by atoms with Crippen molar-refractivity contribution < 1.29 is 24.2 Å². The molecule has 0 fully saturated rings. The van der Waals surface area contributed by atoms with Gasteiger partial charge in [0, 0.05) is 12.1 Å². The van der Waals surface area contributed by atoms with E-state index in [9.17, 15) is 19.5 Å². The number of alkyl carbamates (subject to hydrolysis) is 1. The third-order valence-corrected chi connectivity index (χ3v) is 5.02. The molecule has 192 valence electrons. The number of carbonyl (C=O) groups excluding carboxylic acids is 3. The number of rotatable bonds is 8. The van der Waals surface area contributed by atoms with Gasteiger partial charge in [0.05, 0.1) is 6.61 Å². The predicted molar refractivity (Wildman–Crippen MR) is 133 cm³/mol. The zero-order valence-electron chi connectivity index (χ0n) is 22.4. The van der Waals surface area contributed by atoms with Gasteiger partial charge in [-0.25, -0.2) is 4.79 Å². The Morgan fingerprint density at radius 2 is 1.65 bits per heavy atom. The van der Waals surface area contributed by atoms with Crippen molar-refractivity contribution in [2.24, 2.45) is 5.92 Å². The first-order chi connectivity index (χ1) is 15.5. The van der Waals surface area contributed by atoms with E-state index in [2.05, 4.69) is 10.6 Å². The smallest absolute Gasteiger partial charge is 0.408 e. The molecule has 0 aliphatic heterocycles. The van der Waals surface area contributed by atoms with Gasteiger partial charge in [0.1, 0.15) is 17.7 Å². The lowest BCUT2D eigenvalue weighted by Crippen LogP contribution is -2.56. The summed E-state index contributed by atoms with van der Waals surface area (Å²) in [5, 5.41) is 15.5. The largest absolute Gasteiger partial charge is 0.444 e. The van der Waals surface area contributed by atoms with Gasteiger partial charge in [-0.1, -0.05) is 37.6 Å². The van der Waals surface area contributed by atoms with Crippen molar-refractivity contribution in [1.82, 2.24) is 15.5 Å². The van der Waals surface area contributed by atoms with Gasteiger partial charge in [0.2, 0.25) is 11.8 Å². The second-order valence-electron chi connectivity index (χ2n) is 11.1. The highest BCUT2D eigenvalue weighted by molar-refractivity contribution is 5.92. The summed E-state index contributed by atoms with van der Waals surface area (Å²) in [5.41, 5.74) is 1.19. The molecule has 1 rings (SSSR count). The molecule has 0 saturated heterocycles. The number of aliphatic hydroxyl groups excluding tert-OH is 1. The van der Waals surface area contributed by atoms with E-state index in [1.54, 1.807) is 34.6 Å². The van der Waals surface area contributed by atoms with E-state index in [1.165, 1.54) is 4.90 Å². The van der Waals surface area contributed by atoms with E-state index in [0.717, 1.165) is 11.1 Å². The number of carbonyl (C=O) groups is 3. The molecule has 0 saturated carbocycles. The van der Waals surface area contributed by atoms with Gasteiger partial charge in [0.25, 0.3) is 0 Å². The summed E-state index contributed by atoms with van der Waals surface area (Å²) in [6, 6.07) is 3.79. The topological polar surface area (TPSA) is 108 Å². The number of benzene rings is 1. The molecule has 3 amide bonds. The maximum absolute atomic E-state index is 13.8. The van der Waals surface area contributed by atoms with Gasteiger partial charge < -0.3 is 25.4 Å². The number of nitrogens with zero attached hydrogens (tertiary/aromatic N) is 1. The summed E-state index contributed by atoms with van der Waals surface area (Å²) in [7, 11) is 0. The van der Waals surface area contributed by atoms with Gasteiger partial charge in [-0.05, 0) is 72.4 Å². The Labute approximate surface area is 204 Å². The van der Waals surface area contributed by atoms with E-state index in [-0.39, 0.29) is 25.0 Å².